The molecule has 10 heavy (non-hydrogen) atoms. The Kier molecular flexibility index (Phi) is 36.5. The van der Waals surface area contributed by atoms with Gasteiger partial charge in [-0.1, -0.05) is 0 Å². The van der Waals surface area contributed by atoms with E-state index < -0.39 is 12.3 Å². The molecule has 0 aromatic carbocycles. The van der Waals surface area contributed by atoms with Crippen LogP contribution in [0.3, 0.4) is 0 Å². The van der Waals surface area contributed by atoms with Gasteiger partial charge in [0.2, 0.25) is 6.16 Å². The van der Waals surface area contributed by atoms with Crippen molar-refractivity contribution < 1.29 is 89.1 Å². The molecule has 0 saturated carbocycles. The minimum absolute atomic E-state index is 0. The molecule has 0 heterocycles. The molecule has 0 saturated heterocycles. The summed E-state index contributed by atoms with van der Waals surface area (Å²) in [6.07, 6.45) is -4.42. The second-order valence-electron chi connectivity index (χ2n) is 0.516. The second kappa shape index (κ2) is 16.3. The predicted molar refractivity (Wildman–Crippen MR) is 13.4 cm³/mol. The van der Waals surface area contributed by atoms with E-state index >= 15 is 0 Å². The summed E-state index contributed by atoms with van der Waals surface area (Å²) < 4.78 is 0. The van der Waals surface area contributed by atoms with Crippen LogP contribution in [-0.4, -0.2) is 17.4 Å². The number of carbonyl (C=O) groups is 2. The Morgan fingerprint density at radius 3 is 1.00 bits per heavy atom. The number of carboxylic acid groups (broad SMARTS) is 4. The Balaban J connectivity index is -0.0000000300. The molecule has 0 aliphatic heterocycles. The van der Waals surface area contributed by atoms with Crippen LogP contribution >= 0.6 is 0 Å². The van der Waals surface area contributed by atoms with E-state index in [4.69, 9.17) is 30.0 Å². The number of rotatable bonds is 0. The van der Waals surface area contributed by atoms with Crippen LogP contribution in [-0.2, 0) is 0 Å². The molecule has 0 aromatic rings. The number of carbonyl (C=O) groups excluding carboxylic acids is 1. The van der Waals surface area contributed by atoms with Gasteiger partial charge in [-0.05, 0) is 6.16 Å². The maximum atomic E-state index is 8.44. The van der Waals surface area contributed by atoms with Crippen LogP contribution in [0.15, 0.2) is 0 Å². The van der Waals surface area contributed by atoms with Crippen molar-refractivity contribution in [2.24, 2.45) is 0 Å². The Morgan fingerprint density at radius 1 is 1.00 bits per heavy atom. The molecule has 0 aromatic heterocycles. The van der Waals surface area contributed by atoms with Gasteiger partial charge in [-0.3, -0.25) is 0 Å². The first-order valence-electron chi connectivity index (χ1n) is 1.24. The Hall–Kier alpha value is 0.540. The molecule has 0 radical (unpaired) electrons. The summed E-state index contributed by atoms with van der Waals surface area (Å²) >= 11 is 0. The van der Waals surface area contributed by atoms with E-state index in [0.29, 0.717) is 0 Å². The normalized spacial score (nSPS) is 4.80. The molecule has 8 heteroatoms. The molecule has 0 unspecified atom stereocenters. The minimum atomic E-state index is -2.33. The summed E-state index contributed by atoms with van der Waals surface area (Å²) in [6.45, 7) is 0. The van der Waals surface area contributed by atoms with E-state index in [1.165, 1.54) is 0 Å². The van der Waals surface area contributed by atoms with Crippen LogP contribution in [0, 0.1) is 0 Å². The Morgan fingerprint density at radius 2 is 1.00 bits per heavy atom. The zero-order valence-electron chi connectivity index (χ0n) is 5.49. The number of hydrogen-bond donors (Lipinski definition) is 1. The number of hydrogen-bond acceptors (Lipinski definition) is 5. The first-order valence-corrected chi connectivity index (χ1v) is 1.24. The maximum absolute atomic E-state index is 8.44. The SMILES string of the molecule is O=C([O-])O.O=C([O-])[O-].[Na+].[Na+]. The molecule has 0 aliphatic rings. The van der Waals surface area contributed by atoms with Crippen molar-refractivity contribution in [3.05, 3.63) is 0 Å². The van der Waals surface area contributed by atoms with Gasteiger partial charge in [0.05, 0.1) is 0 Å². The molecule has 0 fully saturated rings. The van der Waals surface area contributed by atoms with E-state index in [2.05, 4.69) is 0 Å². The smallest absolute Gasteiger partial charge is 0.652 e. The third-order valence-corrected chi connectivity index (χ3v) is 0. The van der Waals surface area contributed by atoms with Crippen LogP contribution in [0.2, 0.25) is 0 Å². The summed E-state index contributed by atoms with van der Waals surface area (Å²) in [6, 6.07) is 0. The van der Waals surface area contributed by atoms with Gasteiger partial charge in [0.25, 0.3) is 0 Å². The molecule has 6 nitrogen and oxygen atoms in total. The van der Waals surface area contributed by atoms with Crippen molar-refractivity contribution >= 4 is 12.3 Å². The van der Waals surface area contributed by atoms with Gasteiger partial charge in [-0.25, -0.2) is 0 Å². The summed E-state index contributed by atoms with van der Waals surface area (Å²) in [4.78, 5) is 16.8. The molecular weight excluding hydrogens is 166 g/mol. The molecule has 0 amide bonds. The standard InChI is InChI=1S/2CH2O3.2Na/c2*2-1(3)4;;/h2*(H2,2,3,4);;/q;;2*+1/p-3. The third-order valence-electron chi connectivity index (χ3n) is 0. The monoisotopic (exact) mass is 167 g/mol. The quantitative estimate of drug-likeness (QED) is 0.357. The van der Waals surface area contributed by atoms with Gasteiger partial charge in [0, 0.05) is 0 Å². The fourth-order valence-electron chi connectivity index (χ4n) is 0. The van der Waals surface area contributed by atoms with Crippen LogP contribution in [0.25, 0.3) is 0 Å². The summed E-state index contributed by atoms with van der Waals surface area (Å²) in [5.74, 6) is 0. The topological polar surface area (TPSA) is 124 Å². The van der Waals surface area contributed by atoms with Crippen molar-refractivity contribution in [1.29, 1.82) is 0 Å². The van der Waals surface area contributed by atoms with Gasteiger partial charge >= 0.3 is 59.1 Å². The van der Waals surface area contributed by atoms with Gasteiger partial charge in [-0.2, -0.15) is 0 Å². The molecule has 1 N–H and O–H groups in total. The molecule has 0 aliphatic carbocycles. The van der Waals surface area contributed by atoms with Crippen molar-refractivity contribution in [1.82, 2.24) is 0 Å². The average Bonchev–Trinajstić information content (AvgIpc) is 1.25. The molecule has 0 spiro atoms. The summed E-state index contributed by atoms with van der Waals surface area (Å²) in [7, 11) is 0. The Labute approximate surface area is 100 Å². The van der Waals surface area contributed by atoms with Crippen LogP contribution in [0.5, 0.6) is 0 Å². The summed E-state index contributed by atoms with van der Waals surface area (Å²) in [5, 5.41) is 32.0. The zero-order valence-corrected chi connectivity index (χ0v) is 9.49. The fourth-order valence-corrected chi connectivity index (χ4v) is 0. The third kappa shape index (κ3) is 1660. The van der Waals surface area contributed by atoms with Gasteiger partial charge in [0.1, 0.15) is 0 Å². The molecular formula is C2HNa2O6-. The zero-order chi connectivity index (χ0) is 7.15. The van der Waals surface area contributed by atoms with Crippen molar-refractivity contribution in [3.63, 3.8) is 0 Å². The fraction of sp³-hybridized carbons (Fsp3) is 0. The van der Waals surface area contributed by atoms with Gasteiger partial charge < -0.3 is 30.0 Å². The van der Waals surface area contributed by atoms with E-state index in [9.17, 15) is 0 Å². The maximum Gasteiger partial charge on any atom is 1.00 e. The van der Waals surface area contributed by atoms with Crippen molar-refractivity contribution in [3.8, 4) is 0 Å². The Bertz CT molecular complexity index is 71.7. The summed E-state index contributed by atoms with van der Waals surface area (Å²) in [5.41, 5.74) is 0. The van der Waals surface area contributed by atoms with E-state index in [-0.39, 0.29) is 59.1 Å². The average molecular weight is 167 g/mol. The first-order chi connectivity index (χ1) is 3.46. The molecule has 0 bridgehead atoms. The predicted octanol–water partition coefficient (Wildman–Crippen LogP) is -9.55. The van der Waals surface area contributed by atoms with Crippen LogP contribution in [0.1, 0.15) is 0 Å². The van der Waals surface area contributed by atoms with Crippen molar-refractivity contribution in [2.45, 2.75) is 0 Å². The molecule has 48 valence electrons. The van der Waals surface area contributed by atoms with Crippen LogP contribution < -0.4 is 74.4 Å². The molecule has 0 atom stereocenters. The van der Waals surface area contributed by atoms with Crippen molar-refractivity contribution in [2.75, 3.05) is 0 Å². The molecule has 0 rings (SSSR count). The van der Waals surface area contributed by atoms with E-state index in [1.54, 1.807) is 0 Å². The van der Waals surface area contributed by atoms with Crippen LogP contribution in [0.4, 0.5) is 9.59 Å². The second-order valence-corrected chi connectivity index (χ2v) is 0.516. The van der Waals surface area contributed by atoms with Gasteiger partial charge in [0.15, 0.2) is 0 Å². The minimum Gasteiger partial charge on any atom is -0.652 e. The van der Waals surface area contributed by atoms with E-state index in [1.807, 2.05) is 0 Å². The largest absolute Gasteiger partial charge is 1.00 e. The van der Waals surface area contributed by atoms with E-state index in [0.717, 1.165) is 0 Å². The first kappa shape index (κ1) is 22.4. The van der Waals surface area contributed by atoms with Gasteiger partial charge in [-0.15, -0.1) is 0 Å².